The van der Waals surface area contributed by atoms with Gasteiger partial charge in [-0.05, 0) is 17.2 Å². The monoisotopic (exact) mass is 217 g/mol. The summed E-state index contributed by atoms with van der Waals surface area (Å²) < 4.78 is 0. The number of hydrogen-bond acceptors (Lipinski definition) is 2. The molecule has 0 unspecified atom stereocenters. The fourth-order valence-corrected chi connectivity index (χ4v) is 1.63. The molecule has 0 aliphatic heterocycles. The first kappa shape index (κ1) is 9.87. The molecule has 74 valence electrons. The van der Waals surface area contributed by atoms with Crippen LogP contribution in [0.15, 0.2) is 42.6 Å². The highest BCUT2D eigenvalue weighted by atomic mass is 35.5. The minimum Gasteiger partial charge on any atom is -0.298 e. The average molecular weight is 218 g/mol. The molecule has 0 saturated carbocycles. The molecule has 0 bridgehead atoms. The van der Waals surface area contributed by atoms with Gasteiger partial charge in [-0.3, -0.25) is 4.79 Å². The van der Waals surface area contributed by atoms with Crippen molar-refractivity contribution in [1.29, 1.82) is 0 Å². The second kappa shape index (κ2) is 4.24. The molecule has 0 radical (unpaired) electrons. The Morgan fingerprint density at radius 1 is 1.13 bits per heavy atom. The first-order valence-electron chi connectivity index (χ1n) is 4.48. The molecule has 2 nitrogen and oxygen atoms in total. The molecule has 0 atom stereocenters. The van der Waals surface area contributed by atoms with Gasteiger partial charge in [-0.2, -0.15) is 0 Å². The number of carbonyl (C=O) groups is 1. The van der Waals surface area contributed by atoms with Crippen LogP contribution in [0.25, 0.3) is 11.1 Å². The summed E-state index contributed by atoms with van der Waals surface area (Å²) in [5.74, 6) is 0. The highest BCUT2D eigenvalue weighted by molar-refractivity contribution is 6.32. The summed E-state index contributed by atoms with van der Waals surface area (Å²) in [5.41, 5.74) is 2.21. The molecule has 0 aliphatic rings. The smallest absolute Gasteiger partial charge is 0.153 e. The number of aldehydes is 1. The number of halogens is 1. The Bertz CT molecular complexity index is 482. The molecule has 15 heavy (non-hydrogen) atoms. The van der Waals surface area contributed by atoms with Gasteiger partial charge in [0.05, 0.1) is 5.56 Å². The van der Waals surface area contributed by atoms with Crippen LogP contribution in [-0.2, 0) is 0 Å². The third-order valence-electron chi connectivity index (χ3n) is 2.14. The quantitative estimate of drug-likeness (QED) is 0.571. The summed E-state index contributed by atoms with van der Waals surface area (Å²) >= 11 is 5.84. The maximum Gasteiger partial charge on any atom is 0.153 e. The lowest BCUT2D eigenvalue weighted by molar-refractivity contribution is 0.112. The van der Waals surface area contributed by atoms with Crippen molar-refractivity contribution in [2.24, 2.45) is 0 Å². The summed E-state index contributed by atoms with van der Waals surface area (Å²) in [5, 5.41) is 0.242. The summed E-state index contributed by atoms with van der Waals surface area (Å²) in [7, 11) is 0. The molecule has 2 rings (SSSR count). The topological polar surface area (TPSA) is 30.0 Å². The van der Waals surface area contributed by atoms with Gasteiger partial charge >= 0.3 is 0 Å². The van der Waals surface area contributed by atoms with Crippen LogP contribution in [0.3, 0.4) is 0 Å². The predicted octanol–water partition coefficient (Wildman–Crippen LogP) is 3.21. The van der Waals surface area contributed by atoms with Crippen LogP contribution in [0.4, 0.5) is 0 Å². The summed E-state index contributed by atoms with van der Waals surface area (Å²) in [4.78, 5) is 14.8. The van der Waals surface area contributed by atoms with E-state index in [2.05, 4.69) is 4.98 Å². The molecule has 0 saturated heterocycles. The van der Waals surface area contributed by atoms with Crippen molar-refractivity contribution in [3.8, 4) is 11.1 Å². The van der Waals surface area contributed by atoms with Gasteiger partial charge in [0.25, 0.3) is 0 Å². The number of carbonyl (C=O) groups excluding carboxylic acids is 1. The first-order valence-corrected chi connectivity index (χ1v) is 4.86. The van der Waals surface area contributed by atoms with Gasteiger partial charge < -0.3 is 0 Å². The van der Waals surface area contributed by atoms with Crippen LogP contribution >= 0.6 is 11.6 Å². The van der Waals surface area contributed by atoms with E-state index in [0.29, 0.717) is 5.56 Å². The zero-order chi connectivity index (χ0) is 10.7. The van der Waals surface area contributed by atoms with Crippen LogP contribution in [0.5, 0.6) is 0 Å². The lowest BCUT2D eigenvalue weighted by Crippen LogP contribution is -1.91. The van der Waals surface area contributed by atoms with Gasteiger partial charge in [0.1, 0.15) is 5.15 Å². The highest BCUT2D eigenvalue weighted by Gasteiger charge is 2.08. The zero-order valence-electron chi connectivity index (χ0n) is 7.85. The van der Waals surface area contributed by atoms with Crippen molar-refractivity contribution < 1.29 is 4.79 Å². The van der Waals surface area contributed by atoms with Crippen LogP contribution in [-0.4, -0.2) is 11.3 Å². The van der Waals surface area contributed by atoms with Gasteiger partial charge in [0.15, 0.2) is 6.29 Å². The Kier molecular flexibility index (Phi) is 2.79. The maximum absolute atomic E-state index is 10.9. The SMILES string of the molecule is O=Cc1c(-c2ccccc2)ccnc1Cl. The summed E-state index contributed by atoms with van der Waals surface area (Å²) in [6.45, 7) is 0. The van der Waals surface area contributed by atoms with Gasteiger partial charge in [-0.15, -0.1) is 0 Å². The van der Waals surface area contributed by atoms with E-state index in [9.17, 15) is 4.79 Å². The van der Waals surface area contributed by atoms with Gasteiger partial charge in [-0.1, -0.05) is 41.9 Å². The van der Waals surface area contributed by atoms with Crippen LogP contribution in [0.1, 0.15) is 10.4 Å². The van der Waals surface area contributed by atoms with Gasteiger partial charge in [-0.25, -0.2) is 4.98 Å². The number of aromatic nitrogens is 1. The van der Waals surface area contributed by atoms with Crippen molar-refractivity contribution in [3.63, 3.8) is 0 Å². The number of hydrogen-bond donors (Lipinski definition) is 0. The first-order chi connectivity index (χ1) is 7.33. The molecule has 0 N–H and O–H groups in total. The van der Waals surface area contributed by atoms with Crippen LogP contribution in [0.2, 0.25) is 5.15 Å². The Hall–Kier alpha value is -1.67. The Morgan fingerprint density at radius 2 is 1.87 bits per heavy atom. The Labute approximate surface area is 92.5 Å². The van der Waals surface area contributed by atoms with Crippen LogP contribution < -0.4 is 0 Å². The molecule has 2 aromatic rings. The zero-order valence-corrected chi connectivity index (χ0v) is 8.61. The second-order valence-corrected chi connectivity index (χ2v) is 3.40. The van der Waals surface area contributed by atoms with Gasteiger partial charge in [0, 0.05) is 6.20 Å². The number of nitrogens with zero attached hydrogens (tertiary/aromatic N) is 1. The third-order valence-corrected chi connectivity index (χ3v) is 2.45. The second-order valence-electron chi connectivity index (χ2n) is 3.05. The van der Waals surface area contributed by atoms with E-state index >= 15 is 0 Å². The van der Waals surface area contributed by atoms with Crippen molar-refractivity contribution in [2.75, 3.05) is 0 Å². The minimum atomic E-state index is 0.242. The minimum absolute atomic E-state index is 0.242. The number of pyridine rings is 1. The van der Waals surface area contributed by atoms with E-state index in [-0.39, 0.29) is 5.15 Å². The van der Waals surface area contributed by atoms with E-state index in [4.69, 9.17) is 11.6 Å². The summed E-state index contributed by atoms with van der Waals surface area (Å²) in [6.07, 6.45) is 2.33. The van der Waals surface area contributed by atoms with E-state index in [1.165, 1.54) is 0 Å². The average Bonchev–Trinajstić information content (AvgIpc) is 2.30. The molecule has 0 amide bonds. The molecule has 0 fully saturated rings. The molecule has 0 aliphatic carbocycles. The Balaban J connectivity index is 2.63. The summed E-state index contributed by atoms with van der Waals surface area (Å²) in [6, 6.07) is 11.4. The molecule has 1 aromatic heterocycles. The lowest BCUT2D eigenvalue weighted by Gasteiger charge is -2.05. The fraction of sp³-hybridized carbons (Fsp3) is 0. The van der Waals surface area contributed by atoms with Crippen molar-refractivity contribution in [1.82, 2.24) is 4.98 Å². The molecular weight excluding hydrogens is 210 g/mol. The Morgan fingerprint density at radius 3 is 2.53 bits per heavy atom. The molecule has 1 aromatic carbocycles. The highest BCUT2D eigenvalue weighted by Crippen LogP contribution is 2.25. The van der Waals surface area contributed by atoms with E-state index in [1.807, 2.05) is 30.3 Å². The predicted molar refractivity (Wildman–Crippen MR) is 60.1 cm³/mol. The lowest BCUT2D eigenvalue weighted by atomic mass is 10.0. The van der Waals surface area contributed by atoms with E-state index in [1.54, 1.807) is 12.3 Å². The van der Waals surface area contributed by atoms with Gasteiger partial charge in [0.2, 0.25) is 0 Å². The fourth-order valence-electron chi connectivity index (χ4n) is 1.43. The largest absolute Gasteiger partial charge is 0.298 e. The number of rotatable bonds is 2. The normalized spacial score (nSPS) is 9.93. The molecule has 0 spiro atoms. The maximum atomic E-state index is 10.9. The molecule has 1 heterocycles. The van der Waals surface area contributed by atoms with Crippen molar-refractivity contribution in [3.05, 3.63) is 53.3 Å². The molecular formula is C12H8ClNO. The third kappa shape index (κ3) is 1.90. The van der Waals surface area contributed by atoms with Crippen molar-refractivity contribution >= 4 is 17.9 Å². The van der Waals surface area contributed by atoms with Crippen molar-refractivity contribution in [2.45, 2.75) is 0 Å². The standard InChI is InChI=1S/C12H8ClNO/c13-12-11(8-15)10(6-7-14-12)9-4-2-1-3-5-9/h1-8H. The van der Waals surface area contributed by atoms with E-state index in [0.717, 1.165) is 17.4 Å². The van der Waals surface area contributed by atoms with Crippen LogP contribution in [0, 0.1) is 0 Å². The molecule has 3 heteroatoms. The number of benzene rings is 1. The van der Waals surface area contributed by atoms with E-state index < -0.39 is 0 Å².